The number of carbonyl (C=O) groups is 1. The van der Waals surface area contributed by atoms with Crippen molar-refractivity contribution < 1.29 is 17.9 Å². The fourth-order valence-electron chi connectivity index (χ4n) is 2.04. The lowest BCUT2D eigenvalue weighted by atomic mass is 10.0. The summed E-state index contributed by atoms with van der Waals surface area (Å²) in [6.07, 6.45) is 1.56. The van der Waals surface area contributed by atoms with Gasteiger partial charge in [-0.3, -0.25) is 0 Å². The maximum atomic E-state index is 12.3. The van der Waals surface area contributed by atoms with Crippen LogP contribution in [0.25, 0.3) is 0 Å². The molecule has 1 aromatic rings. The molecule has 0 aliphatic rings. The number of hydrogen-bond acceptors (Lipinski definition) is 4. The van der Waals surface area contributed by atoms with E-state index in [1.807, 2.05) is 13.8 Å². The average molecular weight is 353 g/mol. The summed E-state index contributed by atoms with van der Waals surface area (Å²) in [4.78, 5) is 12.2. The van der Waals surface area contributed by atoms with Crippen molar-refractivity contribution in [1.82, 2.24) is 5.32 Å². The summed E-state index contributed by atoms with van der Waals surface area (Å²) in [6.45, 7) is 9.34. The van der Waals surface area contributed by atoms with Crippen molar-refractivity contribution in [2.75, 3.05) is 0 Å². The highest BCUT2D eigenvalue weighted by Crippen LogP contribution is 2.14. The highest BCUT2D eigenvalue weighted by atomic mass is 32.2. The number of alkyl carbamates (subject to hydrolysis) is 1. The molecule has 5 nitrogen and oxygen atoms in total. The largest absolute Gasteiger partial charge is 0.444 e. The van der Waals surface area contributed by atoms with Gasteiger partial charge < -0.3 is 10.1 Å². The molecule has 1 amide bonds. The first kappa shape index (κ1) is 20.2. The monoisotopic (exact) mass is 353 g/mol. The van der Waals surface area contributed by atoms with E-state index >= 15 is 0 Å². The molecular weight excluding hydrogens is 326 g/mol. The van der Waals surface area contributed by atoms with Crippen molar-refractivity contribution in [1.29, 1.82) is 0 Å². The number of rotatable bonds is 6. The number of nitrogens with one attached hydrogen (secondary N) is 1. The Hall–Kier alpha value is -1.82. The van der Waals surface area contributed by atoms with E-state index in [2.05, 4.69) is 5.32 Å². The first-order chi connectivity index (χ1) is 11.0. The third kappa shape index (κ3) is 7.64. The van der Waals surface area contributed by atoms with Crippen LogP contribution < -0.4 is 5.32 Å². The fourth-order valence-corrected chi connectivity index (χ4v) is 3.13. The third-order valence-electron chi connectivity index (χ3n) is 2.99. The summed E-state index contributed by atoms with van der Waals surface area (Å²) in [7, 11) is -3.53. The molecule has 0 aliphatic carbocycles. The summed E-state index contributed by atoms with van der Waals surface area (Å²) in [6, 6.07) is 7.76. The first-order valence-corrected chi connectivity index (χ1v) is 9.52. The minimum absolute atomic E-state index is 0.224. The van der Waals surface area contributed by atoms with Gasteiger partial charge in [0.2, 0.25) is 0 Å². The van der Waals surface area contributed by atoms with Crippen LogP contribution in [0.2, 0.25) is 0 Å². The molecule has 0 bridgehead atoms. The molecule has 0 aromatic heterocycles. The van der Waals surface area contributed by atoms with E-state index in [9.17, 15) is 13.2 Å². The van der Waals surface area contributed by atoms with E-state index in [-0.39, 0.29) is 10.8 Å². The molecule has 0 fully saturated rings. The average Bonchev–Trinajstić information content (AvgIpc) is 2.43. The molecule has 1 aromatic carbocycles. The van der Waals surface area contributed by atoms with Gasteiger partial charge in [-0.25, -0.2) is 13.2 Å². The van der Waals surface area contributed by atoms with E-state index in [1.165, 1.54) is 6.08 Å². The Morgan fingerprint density at radius 2 is 1.79 bits per heavy atom. The Kier molecular flexibility index (Phi) is 7.02. The summed E-state index contributed by atoms with van der Waals surface area (Å²) in [5.74, 6) is 0.286. The Balaban J connectivity index is 2.87. The Morgan fingerprint density at radius 1 is 1.21 bits per heavy atom. The second-order valence-corrected chi connectivity index (χ2v) is 8.90. The SMILES string of the molecule is CC(C)C[C@@H](/C=C/S(=O)(=O)c1ccccc1)NC(=O)OC(C)(C)C. The van der Waals surface area contributed by atoms with E-state index in [4.69, 9.17) is 4.74 Å². The molecule has 1 N–H and O–H groups in total. The van der Waals surface area contributed by atoms with Gasteiger partial charge in [0, 0.05) is 5.41 Å². The normalized spacial score (nSPS) is 13.9. The van der Waals surface area contributed by atoms with Crippen LogP contribution >= 0.6 is 0 Å². The Labute approximate surface area is 145 Å². The van der Waals surface area contributed by atoms with Gasteiger partial charge in [-0.1, -0.05) is 38.1 Å². The number of sulfone groups is 1. The zero-order valence-electron chi connectivity index (χ0n) is 14.9. The molecule has 0 heterocycles. The number of hydrogen-bond donors (Lipinski definition) is 1. The molecule has 0 saturated heterocycles. The lowest BCUT2D eigenvalue weighted by Crippen LogP contribution is -2.38. The van der Waals surface area contributed by atoms with Gasteiger partial charge in [-0.05, 0) is 45.2 Å². The topological polar surface area (TPSA) is 72.5 Å². The lowest BCUT2D eigenvalue weighted by molar-refractivity contribution is 0.0510. The molecule has 0 saturated carbocycles. The van der Waals surface area contributed by atoms with Gasteiger partial charge in [0.05, 0.1) is 10.9 Å². The molecule has 24 heavy (non-hydrogen) atoms. The number of ether oxygens (including phenoxy) is 1. The second kappa shape index (κ2) is 8.33. The van der Waals surface area contributed by atoms with Gasteiger partial charge in [-0.15, -0.1) is 0 Å². The molecule has 0 aliphatic heterocycles. The number of carbonyl (C=O) groups excluding carboxylic acids is 1. The van der Waals surface area contributed by atoms with Crippen molar-refractivity contribution >= 4 is 15.9 Å². The highest BCUT2D eigenvalue weighted by Gasteiger charge is 2.19. The van der Waals surface area contributed by atoms with Crippen LogP contribution in [0.15, 0.2) is 46.7 Å². The molecule has 1 rings (SSSR count). The minimum Gasteiger partial charge on any atom is -0.444 e. The lowest BCUT2D eigenvalue weighted by Gasteiger charge is -2.23. The summed E-state index contributed by atoms with van der Waals surface area (Å²) in [5, 5.41) is 3.86. The summed E-state index contributed by atoms with van der Waals surface area (Å²) < 4.78 is 29.8. The quantitative estimate of drug-likeness (QED) is 0.841. The van der Waals surface area contributed by atoms with E-state index in [1.54, 1.807) is 51.1 Å². The van der Waals surface area contributed by atoms with E-state index in [0.717, 1.165) is 5.41 Å². The number of amides is 1. The molecule has 134 valence electrons. The third-order valence-corrected chi connectivity index (χ3v) is 4.43. The smallest absolute Gasteiger partial charge is 0.408 e. The predicted molar refractivity (Wildman–Crippen MR) is 95.4 cm³/mol. The molecule has 1 atom stereocenters. The summed E-state index contributed by atoms with van der Waals surface area (Å²) >= 11 is 0. The van der Waals surface area contributed by atoms with Gasteiger partial charge in [-0.2, -0.15) is 0 Å². The van der Waals surface area contributed by atoms with Crippen LogP contribution in [0.5, 0.6) is 0 Å². The van der Waals surface area contributed by atoms with Crippen molar-refractivity contribution in [3.8, 4) is 0 Å². The molecule has 0 spiro atoms. The minimum atomic E-state index is -3.53. The standard InChI is InChI=1S/C18H27NO4S/c1-14(2)13-15(19-17(20)23-18(3,4)5)11-12-24(21,22)16-9-7-6-8-10-16/h6-12,14-15H,13H2,1-5H3,(H,19,20)/b12-11+/t15-/m1/s1. The van der Waals surface area contributed by atoms with E-state index in [0.29, 0.717) is 6.42 Å². The van der Waals surface area contributed by atoms with Crippen LogP contribution in [0, 0.1) is 5.92 Å². The zero-order valence-corrected chi connectivity index (χ0v) is 15.8. The van der Waals surface area contributed by atoms with Gasteiger partial charge in [0.25, 0.3) is 0 Å². The van der Waals surface area contributed by atoms with Crippen LogP contribution in [0.3, 0.4) is 0 Å². The molecule has 6 heteroatoms. The molecule has 0 unspecified atom stereocenters. The second-order valence-electron chi connectivity index (χ2n) is 7.07. The van der Waals surface area contributed by atoms with Crippen LogP contribution in [0.4, 0.5) is 4.79 Å². The highest BCUT2D eigenvalue weighted by molar-refractivity contribution is 7.94. The zero-order chi connectivity index (χ0) is 18.4. The van der Waals surface area contributed by atoms with Gasteiger partial charge in [0.15, 0.2) is 9.84 Å². The maximum absolute atomic E-state index is 12.3. The molecule has 0 radical (unpaired) electrons. The van der Waals surface area contributed by atoms with Crippen molar-refractivity contribution in [2.45, 2.75) is 57.6 Å². The maximum Gasteiger partial charge on any atom is 0.408 e. The number of benzene rings is 1. The van der Waals surface area contributed by atoms with Crippen molar-refractivity contribution in [2.24, 2.45) is 5.92 Å². The van der Waals surface area contributed by atoms with Gasteiger partial charge in [0.1, 0.15) is 5.60 Å². The van der Waals surface area contributed by atoms with E-state index < -0.39 is 27.6 Å². The fraction of sp³-hybridized carbons (Fsp3) is 0.500. The predicted octanol–water partition coefficient (Wildman–Crippen LogP) is 3.91. The summed E-state index contributed by atoms with van der Waals surface area (Å²) in [5.41, 5.74) is -0.605. The van der Waals surface area contributed by atoms with Crippen molar-refractivity contribution in [3.05, 3.63) is 41.8 Å². The van der Waals surface area contributed by atoms with Crippen LogP contribution in [0.1, 0.15) is 41.0 Å². The van der Waals surface area contributed by atoms with Crippen LogP contribution in [-0.2, 0) is 14.6 Å². The first-order valence-electron chi connectivity index (χ1n) is 7.97. The molecular formula is C18H27NO4S. The van der Waals surface area contributed by atoms with Gasteiger partial charge >= 0.3 is 6.09 Å². The van der Waals surface area contributed by atoms with Crippen LogP contribution in [-0.4, -0.2) is 26.2 Å². The Bertz CT molecular complexity index is 658. The van der Waals surface area contributed by atoms with Crippen molar-refractivity contribution in [3.63, 3.8) is 0 Å². The Morgan fingerprint density at radius 3 is 2.29 bits per heavy atom.